The largest absolute Gasteiger partial charge is 0.379 e. The molecular formula is C22H29ClN4O4S. The van der Waals surface area contributed by atoms with Gasteiger partial charge in [0.05, 0.1) is 31.2 Å². The van der Waals surface area contributed by atoms with E-state index in [0.29, 0.717) is 24.4 Å². The van der Waals surface area contributed by atoms with Crippen LogP contribution >= 0.6 is 23.2 Å². The minimum Gasteiger partial charge on any atom is -0.379 e. The molecular weight excluding hydrogens is 452 g/mol. The van der Waals surface area contributed by atoms with Crippen molar-refractivity contribution in [2.75, 3.05) is 43.9 Å². The van der Waals surface area contributed by atoms with Gasteiger partial charge in [-0.25, -0.2) is 4.31 Å². The van der Waals surface area contributed by atoms with E-state index in [1.807, 2.05) is 42.6 Å². The number of hydrogen-bond donors (Lipinski definition) is 3. The maximum Gasteiger partial charge on any atom is 0.256 e. The first-order chi connectivity index (χ1) is 15.0. The van der Waals surface area contributed by atoms with Crippen molar-refractivity contribution < 1.29 is 18.6 Å². The number of nitrogens with zero attached hydrogens (tertiary/aromatic N) is 3. The number of hydrogen-bond acceptors (Lipinski definition) is 6. The standard InChI is InChI=1S/C22H28N4O4S.ClH/c27-22-20(14-18-3-1-6-25(18)16-24-8-10-30-11-9-24)19-13-17(4-5-21(19)23-22)15-26-7-2-12-31(26,28)29;/h1,3-6,13-14,28-29H,2,7-12,15-16H2,(H,23,27);1H. The van der Waals surface area contributed by atoms with Crippen LogP contribution in [0.4, 0.5) is 5.69 Å². The normalized spacial score (nSPS) is 23.1. The number of anilines is 1. The highest BCUT2D eigenvalue weighted by Gasteiger charge is 2.30. The third kappa shape index (κ3) is 4.74. The van der Waals surface area contributed by atoms with E-state index in [9.17, 15) is 13.9 Å². The molecule has 3 N–H and O–H groups in total. The Labute approximate surface area is 195 Å². The van der Waals surface area contributed by atoms with Crippen LogP contribution in [0.2, 0.25) is 0 Å². The SMILES string of the molecule is Cl.O=C1Nc2ccc(CN3CCCS3(O)O)cc2C1=Cc1cccn1CN1CCOCC1. The van der Waals surface area contributed by atoms with Gasteiger partial charge in [-0.15, -0.1) is 23.2 Å². The molecule has 0 atom stereocenters. The molecule has 5 rings (SSSR count). The average molecular weight is 481 g/mol. The first kappa shape index (κ1) is 23.3. The van der Waals surface area contributed by atoms with Crippen LogP contribution in [0.1, 0.15) is 23.2 Å². The summed E-state index contributed by atoms with van der Waals surface area (Å²) in [5, 5.41) is 2.95. The Bertz CT molecular complexity index is 1020. The maximum absolute atomic E-state index is 12.7. The van der Waals surface area contributed by atoms with E-state index >= 15 is 0 Å². The highest BCUT2D eigenvalue weighted by atomic mass is 35.5. The molecule has 1 aromatic heterocycles. The van der Waals surface area contributed by atoms with Gasteiger partial charge < -0.3 is 14.6 Å². The van der Waals surface area contributed by atoms with Crippen molar-refractivity contribution in [1.82, 2.24) is 13.8 Å². The predicted octanol–water partition coefficient (Wildman–Crippen LogP) is 3.56. The number of aromatic nitrogens is 1. The molecule has 2 fully saturated rings. The lowest BCUT2D eigenvalue weighted by atomic mass is 10.0. The van der Waals surface area contributed by atoms with E-state index < -0.39 is 10.8 Å². The second kappa shape index (κ2) is 9.56. The van der Waals surface area contributed by atoms with E-state index in [1.54, 1.807) is 4.31 Å². The number of halogens is 1. The third-order valence-electron chi connectivity index (χ3n) is 6.08. The number of rotatable bonds is 5. The van der Waals surface area contributed by atoms with Gasteiger partial charge >= 0.3 is 0 Å². The quantitative estimate of drug-likeness (QED) is 0.567. The van der Waals surface area contributed by atoms with Gasteiger partial charge in [0.25, 0.3) is 5.91 Å². The number of ether oxygens (including phenoxy) is 1. The second-order valence-corrected chi connectivity index (χ2v) is 10.4. The fraction of sp³-hybridized carbons (Fsp3) is 0.409. The van der Waals surface area contributed by atoms with Crippen LogP contribution in [0.15, 0.2) is 36.5 Å². The second-order valence-electron chi connectivity index (χ2n) is 8.22. The van der Waals surface area contributed by atoms with E-state index in [2.05, 4.69) is 14.8 Å². The molecule has 0 bridgehead atoms. The molecule has 1 aromatic carbocycles. The van der Waals surface area contributed by atoms with Crippen molar-refractivity contribution >= 4 is 46.4 Å². The summed E-state index contributed by atoms with van der Waals surface area (Å²) in [5.41, 5.74) is 4.22. The minimum absolute atomic E-state index is 0. The molecule has 0 unspecified atom stereocenters. The molecule has 3 aliphatic heterocycles. The molecule has 2 saturated heterocycles. The number of carbonyl (C=O) groups excluding carboxylic acids is 1. The van der Waals surface area contributed by atoms with Gasteiger partial charge in [-0.05, 0) is 42.3 Å². The molecule has 32 heavy (non-hydrogen) atoms. The summed E-state index contributed by atoms with van der Waals surface area (Å²) in [7, 11) is -2.67. The summed E-state index contributed by atoms with van der Waals surface area (Å²) in [6, 6.07) is 9.84. The van der Waals surface area contributed by atoms with Crippen molar-refractivity contribution in [3.63, 3.8) is 0 Å². The Morgan fingerprint density at radius 1 is 1.16 bits per heavy atom. The van der Waals surface area contributed by atoms with Crippen molar-refractivity contribution in [3.05, 3.63) is 53.3 Å². The molecule has 4 heterocycles. The van der Waals surface area contributed by atoms with Gasteiger partial charge in [0, 0.05) is 49.3 Å². The van der Waals surface area contributed by atoms with E-state index in [4.69, 9.17) is 4.74 Å². The van der Waals surface area contributed by atoms with Crippen LogP contribution in [-0.4, -0.2) is 67.4 Å². The van der Waals surface area contributed by atoms with Gasteiger partial charge in [0.2, 0.25) is 0 Å². The Morgan fingerprint density at radius 3 is 2.72 bits per heavy atom. The number of benzene rings is 1. The van der Waals surface area contributed by atoms with Crippen molar-refractivity contribution in [2.24, 2.45) is 0 Å². The highest BCUT2D eigenvalue weighted by Crippen LogP contribution is 2.49. The van der Waals surface area contributed by atoms with E-state index in [-0.39, 0.29) is 18.3 Å². The monoisotopic (exact) mass is 480 g/mol. The van der Waals surface area contributed by atoms with Gasteiger partial charge in [0.15, 0.2) is 0 Å². The average Bonchev–Trinajstić information content (AvgIpc) is 3.42. The lowest BCUT2D eigenvalue weighted by molar-refractivity contribution is -0.110. The summed E-state index contributed by atoms with van der Waals surface area (Å²) in [6.45, 7) is 5.19. The summed E-state index contributed by atoms with van der Waals surface area (Å²) >= 11 is 0. The van der Waals surface area contributed by atoms with Crippen molar-refractivity contribution in [3.8, 4) is 0 Å². The van der Waals surface area contributed by atoms with Crippen molar-refractivity contribution in [2.45, 2.75) is 19.6 Å². The lowest BCUT2D eigenvalue weighted by Crippen LogP contribution is -2.37. The number of amides is 1. The summed E-state index contributed by atoms with van der Waals surface area (Å²) in [5.74, 6) is 0.320. The predicted molar refractivity (Wildman–Crippen MR) is 130 cm³/mol. The van der Waals surface area contributed by atoms with Crippen LogP contribution in [0, 0.1) is 0 Å². The summed E-state index contributed by atoms with van der Waals surface area (Å²) < 4.78 is 29.7. The molecule has 8 nitrogen and oxygen atoms in total. The first-order valence-corrected chi connectivity index (χ1v) is 12.3. The molecule has 174 valence electrons. The first-order valence-electron chi connectivity index (χ1n) is 10.6. The van der Waals surface area contributed by atoms with Gasteiger partial charge in [0.1, 0.15) is 0 Å². The van der Waals surface area contributed by atoms with Crippen LogP contribution in [0.25, 0.3) is 11.6 Å². The Morgan fingerprint density at radius 2 is 1.97 bits per heavy atom. The van der Waals surface area contributed by atoms with Crippen LogP contribution < -0.4 is 5.32 Å². The molecule has 3 aliphatic rings. The number of nitrogens with one attached hydrogen (secondary N) is 1. The minimum atomic E-state index is -2.67. The number of fused-ring (bicyclic) bond motifs is 1. The fourth-order valence-corrected chi connectivity index (χ4v) is 5.92. The Kier molecular flexibility index (Phi) is 6.97. The topological polar surface area (TPSA) is 90.2 Å². The number of carbonyl (C=O) groups is 1. The van der Waals surface area contributed by atoms with E-state index in [1.165, 1.54) is 0 Å². The molecule has 1 amide bonds. The van der Waals surface area contributed by atoms with Crippen LogP contribution in [-0.2, 0) is 22.7 Å². The molecule has 0 spiro atoms. The van der Waals surface area contributed by atoms with E-state index in [0.717, 1.165) is 61.9 Å². The molecule has 2 aromatic rings. The third-order valence-corrected chi connectivity index (χ3v) is 8.05. The van der Waals surface area contributed by atoms with Crippen LogP contribution in [0.3, 0.4) is 0 Å². The van der Waals surface area contributed by atoms with Gasteiger partial charge in [-0.1, -0.05) is 6.07 Å². The summed E-state index contributed by atoms with van der Waals surface area (Å²) in [6.07, 6.45) is 4.76. The smallest absolute Gasteiger partial charge is 0.256 e. The van der Waals surface area contributed by atoms with Crippen molar-refractivity contribution in [1.29, 1.82) is 0 Å². The van der Waals surface area contributed by atoms with Gasteiger partial charge in [-0.3, -0.25) is 18.8 Å². The number of morpholine rings is 1. The van der Waals surface area contributed by atoms with Gasteiger partial charge in [-0.2, -0.15) is 0 Å². The summed E-state index contributed by atoms with van der Waals surface area (Å²) in [4.78, 5) is 15.0. The Hall–Kier alpha value is -1.85. The molecule has 0 saturated carbocycles. The zero-order valence-electron chi connectivity index (χ0n) is 17.8. The zero-order valence-corrected chi connectivity index (χ0v) is 19.4. The Balaban J connectivity index is 0.00000245. The maximum atomic E-state index is 12.7. The zero-order chi connectivity index (χ0) is 21.4. The lowest BCUT2D eigenvalue weighted by Gasteiger charge is -2.36. The highest BCUT2D eigenvalue weighted by molar-refractivity contribution is 8.22. The fourth-order valence-electron chi connectivity index (χ4n) is 4.37. The molecule has 0 radical (unpaired) electrons. The molecule has 10 heteroatoms. The molecule has 0 aliphatic carbocycles. The van der Waals surface area contributed by atoms with Crippen LogP contribution in [0.5, 0.6) is 0 Å².